The monoisotopic (exact) mass is 567 g/mol. The molecule has 18 nitrogen and oxygen atoms in total. The number of hydrogen-bond donors (Lipinski definition) is 5. The summed E-state index contributed by atoms with van der Waals surface area (Å²) in [5.41, 5.74) is 26.2. The van der Waals surface area contributed by atoms with Crippen molar-refractivity contribution < 1.29 is 61.2 Å². The van der Waals surface area contributed by atoms with E-state index >= 15 is 0 Å². The fourth-order valence-corrected chi connectivity index (χ4v) is 3.87. The van der Waals surface area contributed by atoms with Crippen LogP contribution in [0.1, 0.15) is 13.8 Å². The van der Waals surface area contributed by atoms with Crippen molar-refractivity contribution >= 4 is 43.2 Å². The molecule has 0 aliphatic heterocycles. The third-order valence-corrected chi connectivity index (χ3v) is 5.96. The Balaban J connectivity index is -0.000000506. The van der Waals surface area contributed by atoms with Crippen molar-refractivity contribution in [1.29, 1.82) is 5.53 Å². The van der Waals surface area contributed by atoms with Gasteiger partial charge in [-0.3, -0.25) is 14.5 Å². The van der Waals surface area contributed by atoms with Crippen molar-refractivity contribution in [3.8, 4) is 0 Å². The van der Waals surface area contributed by atoms with Gasteiger partial charge < -0.3 is 22.0 Å². The van der Waals surface area contributed by atoms with Gasteiger partial charge in [-0.05, 0) is 48.5 Å². The third kappa shape index (κ3) is 17.2. The summed E-state index contributed by atoms with van der Waals surface area (Å²) in [7, 11) is -7.54. The molecule has 2 rings (SSSR count). The summed E-state index contributed by atoms with van der Waals surface area (Å²) < 4.78 is 49.4. The minimum atomic E-state index is -3.81. The molecule has 37 heavy (non-hydrogen) atoms. The number of nitrogens with two attached hydrogens (primary N) is 1. The van der Waals surface area contributed by atoms with Gasteiger partial charge in [-0.2, -0.15) is 0 Å². The molecule has 0 aromatic heterocycles. The standard InChI is InChI=1S/C8H8N4O3S.C8H10N2O3S.N3.HNO2.Na/c1-6(13)11-16(14,15)8-4-2-7(3-5-8)10-12-9;1-6(11)10-14(12,13)8-4-2-7(9)3-5-8;1-3-2;2-1-3;/h2-5,9H,1H3;2-5H,9H2,1H3,(H,10,11);;(H,2,3);/q;;-1;;+1/p+1. The van der Waals surface area contributed by atoms with Crippen LogP contribution in [0.15, 0.2) is 68.8 Å². The Hall–Kier alpha value is -3.90. The molecule has 0 aliphatic carbocycles. The normalized spacial score (nSPS) is 9.14. The Kier molecular flexibility index (Phi) is 19.6. The molecule has 0 fully saturated rings. The molecular weight excluding hydrogens is 547 g/mol. The summed E-state index contributed by atoms with van der Waals surface area (Å²) >= 11 is 0. The van der Waals surface area contributed by atoms with Gasteiger partial charge in [0.25, 0.3) is 20.0 Å². The van der Waals surface area contributed by atoms with Crippen LogP contribution in [0.4, 0.5) is 11.4 Å². The number of nitrogens with zero attached hydrogens (tertiary/aromatic N) is 6. The number of anilines is 1. The first-order valence-corrected chi connectivity index (χ1v) is 11.7. The van der Waals surface area contributed by atoms with E-state index in [2.05, 4.69) is 10.0 Å². The maximum Gasteiger partial charge on any atom is 1.00 e. The van der Waals surface area contributed by atoms with Crippen molar-refractivity contribution in [2.45, 2.75) is 23.6 Å². The molecule has 194 valence electrons. The van der Waals surface area contributed by atoms with E-state index in [9.17, 15) is 26.4 Å². The fraction of sp³-hybridized carbons (Fsp3) is 0.125. The van der Waals surface area contributed by atoms with E-state index < -0.39 is 31.9 Å². The second-order valence-corrected chi connectivity index (χ2v) is 9.12. The van der Waals surface area contributed by atoms with Crippen LogP contribution in [-0.2, 0) is 29.6 Å². The van der Waals surface area contributed by atoms with Gasteiger partial charge in [-0.25, -0.2) is 26.3 Å². The van der Waals surface area contributed by atoms with Gasteiger partial charge in [0, 0.05) is 19.5 Å². The number of rotatable bonds is 5. The van der Waals surface area contributed by atoms with Crippen molar-refractivity contribution in [1.82, 2.24) is 14.4 Å². The fourth-order valence-electron chi connectivity index (χ4n) is 1.89. The minimum absolute atomic E-state index is 0. The van der Waals surface area contributed by atoms with E-state index in [4.69, 9.17) is 32.4 Å². The van der Waals surface area contributed by atoms with Gasteiger partial charge in [0.1, 0.15) is 5.53 Å². The maximum atomic E-state index is 11.5. The molecule has 6 N–H and O–H groups in total. The van der Waals surface area contributed by atoms with Gasteiger partial charge in [0.05, 0.1) is 9.79 Å². The quantitative estimate of drug-likeness (QED) is 0.0550. The maximum absolute atomic E-state index is 11.5. The summed E-state index contributed by atoms with van der Waals surface area (Å²) in [5, 5.41) is 11.3. The van der Waals surface area contributed by atoms with Crippen LogP contribution in [0.2, 0.25) is 0 Å². The molecule has 21 heteroatoms. The Morgan fingerprint density at radius 2 is 1.19 bits per heavy atom. The molecule has 0 aliphatic rings. The molecule has 0 bridgehead atoms. The van der Waals surface area contributed by atoms with Crippen molar-refractivity contribution in [2.24, 2.45) is 10.5 Å². The number of carbonyl (C=O) groups excluding carboxylic acids is 2. The third-order valence-electron chi connectivity index (χ3n) is 3.06. The number of sulfonamides is 2. The van der Waals surface area contributed by atoms with Crippen LogP contribution in [0.3, 0.4) is 0 Å². The van der Waals surface area contributed by atoms with Gasteiger partial charge in [-0.15, -0.1) is 4.91 Å². The van der Waals surface area contributed by atoms with Crippen LogP contribution in [0.5, 0.6) is 0 Å². The molecule has 2 amide bonds. The van der Waals surface area contributed by atoms with E-state index in [-0.39, 0.29) is 39.3 Å². The van der Waals surface area contributed by atoms with Gasteiger partial charge in [0.15, 0.2) is 16.1 Å². The molecule has 0 unspecified atom stereocenters. The Bertz CT molecular complexity index is 1320. The largest absolute Gasteiger partial charge is 1.00 e. The summed E-state index contributed by atoms with van der Waals surface area (Å²) in [6, 6.07) is 10.9. The van der Waals surface area contributed by atoms with Gasteiger partial charge >= 0.3 is 29.6 Å². The summed E-state index contributed by atoms with van der Waals surface area (Å²) in [4.78, 5) is 33.6. The topological polar surface area (TPSA) is 311 Å². The molecule has 0 spiro atoms. The predicted molar refractivity (Wildman–Crippen MR) is 124 cm³/mol. The average Bonchev–Trinajstić information content (AvgIpc) is 2.74. The van der Waals surface area contributed by atoms with Gasteiger partial charge in [0.2, 0.25) is 16.7 Å². The SMILES string of the molecule is CC(=O)NS(=O)(=O)c1ccc(N)cc1.CC(=O)NS(=O)(=O)c1ccc(N=[N+]=N)cc1.O=NO.[N-]=[N+]=[N-].[Na+]. The second-order valence-electron chi connectivity index (χ2n) is 5.76. The van der Waals surface area contributed by atoms with Crippen molar-refractivity contribution in [2.75, 3.05) is 5.73 Å². The number of nitrogen functional groups attached to an aromatic ring is 1. The number of benzene rings is 2. The van der Waals surface area contributed by atoms with E-state index in [1.165, 1.54) is 58.8 Å². The molecule has 0 heterocycles. The summed E-state index contributed by atoms with van der Waals surface area (Å²) in [6.45, 7) is 2.25. The number of carbonyl (C=O) groups is 2. The van der Waals surface area contributed by atoms with E-state index in [0.717, 1.165) is 13.8 Å². The zero-order valence-electron chi connectivity index (χ0n) is 19.5. The van der Waals surface area contributed by atoms with E-state index in [0.29, 0.717) is 11.4 Å². The molecule has 0 saturated carbocycles. The van der Waals surface area contributed by atoms with Crippen LogP contribution < -0.4 is 49.6 Å². The van der Waals surface area contributed by atoms with Crippen LogP contribution in [-0.4, -0.2) is 33.9 Å². The predicted octanol–water partition coefficient (Wildman–Crippen LogP) is -1.20. The van der Waals surface area contributed by atoms with Crippen LogP contribution in [0, 0.1) is 10.4 Å². The molecule has 2 aromatic carbocycles. The first-order valence-electron chi connectivity index (χ1n) is 8.75. The molecular formula is C16H20N10NaO8S2+. The molecule has 0 atom stereocenters. The Labute approximate surface area is 232 Å². The molecule has 0 radical (unpaired) electrons. The Morgan fingerprint density at radius 1 is 0.892 bits per heavy atom. The first-order chi connectivity index (χ1) is 16.7. The van der Waals surface area contributed by atoms with Crippen LogP contribution in [0.25, 0.3) is 16.0 Å². The van der Waals surface area contributed by atoms with Crippen molar-refractivity contribution in [3.63, 3.8) is 0 Å². The zero-order valence-corrected chi connectivity index (χ0v) is 23.1. The Morgan fingerprint density at radius 3 is 1.46 bits per heavy atom. The average molecular weight is 568 g/mol. The molecule has 0 saturated heterocycles. The molecule has 2 aromatic rings. The first kappa shape index (κ1) is 37.6. The zero-order chi connectivity index (χ0) is 28.4. The van der Waals surface area contributed by atoms with Crippen molar-refractivity contribution in [3.05, 3.63) is 69.4 Å². The second kappa shape index (κ2) is 19.3. The smallest absolute Gasteiger partial charge is 0.399 e. The van der Waals surface area contributed by atoms with E-state index in [1.54, 1.807) is 0 Å². The summed E-state index contributed by atoms with van der Waals surface area (Å²) in [5.74, 6) is -1.28. The summed E-state index contributed by atoms with van der Waals surface area (Å²) in [6.07, 6.45) is 0. The number of amides is 2. The number of nitrogens with one attached hydrogen (secondary N) is 3. The minimum Gasteiger partial charge on any atom is -0.399 e. The van der Waals surface area contributed by atoms with Gasteiger partial charge in [-0.1, -0.05) is 0 Å². The number of hydrogen-bond acceptors (Lipinski definition) is 11. The van der Waals surface area contributed by atoms with E-state index in [1.807, 2.05) is 9.44 Å². The van der Waals surface area contributed by atoms with Crippen LogP contribution >= 0.6 is 0 Å².